The topological polar surface area (TPSA) is 52.7 Å². The number of halogens is 1. The lowest BCUT2D eigenvalue weighted by Gasteiger charge is -2.35. The van der Waals surface area contributed by atoms with Gasteiger partial charge in [-0.3, -0.25) is 9.59 Å². The molecule has 0 atom stereocenters. The molecule has 0 saturated carbocycles. The van der Waals surface area contributed by atoms with Crippen LogP contribution < -0.4 is 10.2 Å². The highest BCUT2D eigenvalue weighted by atomic mass is 35.5. The van der Waals surface area contributed by atoms with E-state index >= 15 is 0 Å². The van der Waals surface area contributed by atoms with Crippen LogP contribution in [-0.4, -0.2) is 42.9 Å². The zero-order chi connectivity index (χ0) is 20.1. The molecular formula is C22H26ClN3O2. The van der Waals surface area contributed by atoms with Crippen molar-refractivity contribution in [3.05, 3.63) is 58.6 Å². The number of nitrogens with one attached hydrogen (secondary N) is 1. The largest absolute Gasteiger partial charge is 0.368 e. The fraction of sp³-hybridized carbons (Fsp3) is 0.364. The lowest BCUT2D eigenvalue weighted by atomic mass is 10.0. The molecule has 2 aromatic rings. The lowest BCUT2D eigenvalue weighted by Crippen LogP contribution is -2.51. The molecule has 0 aromatic heterocycles. The number of benzene rings is 2. The van der Waals surface area contributed by atoms with Crippen molar-refractivity contribution in [3.63, 3.8) is 0 Å². The van der Waals surface area contributed by atoms with Crippen LogP contribution in [0.3, 0.4) is 0 Å². The number of aryl methyl sites for hydroxylation is 2. The van der Waals surface area contributed by atoms with E-state index in [1.807, 2.05) is 56.3 Å². The third-order valence-corrected chi connectivity index (χ3v) is 5.41. The smallest absolute Gasteiger partial charge is 0.313 e. The van der Waals surface area contributed by atoms with E-state index in [2.05, 4.69) is 10.2 Å². The van der Waals surface area contributed by atoms with Gasteiger partial charge in [0.25, 0.3) is 0 Å². The zero-order valence-corrected chi connectivity index (χ0v) is 17.1. The quantitative estimate of drug-likeness (QED) is 0.796. The number of carbonyl (C=O) groups is 2. The van der Waals surface area contributed by atoms with E-state index < -0.39 is 11.8 Å². The van der Waals surface area contributed by atoms with Gasteiger partial charge in [0.05, 0.1) is 0 Å². The molecular weight excluding hydrogens is 374 g/mol. The summed E-state index contributed by atoms with van der Waals surface area (Å²) in [5.41, 5.74) is 3.91. The summed E-state index contributed by atoms with van der Waals surface area (Å²) in [6.07, 6.45) is 1.60. The van der Waals surface area contributed by atoms with Crippen LogP contribution in [0, 0.1) is 0 Å². The first kappa shape index (κ1) is 20.2. The molecule has 6 heteroatoms. The number of amides is 2. The zero-order valence-electron chi connectivity index (χ0n) is 16.4. The Labute approximate surface area is 171 Å². The van der Waals surface area contributed by atoms with Crippen molar-refractivity contribution in [2.75, 3.05) is 36.4 Å². The number of para-hydroxylation sites is 1. The molecule has 1 saturated heterocycles. The summed E-state index contributed by atoms with van der Waals surface area (Å²) in [4.78, 5) is 29.1. The van der Waals surface area contributed by atoms with Crippen molar-refractivity contribution in [2.24, 2.45) is 0 Å². The molecule has 0 bridgehead atoms. The Morgan fingerprint density at radius 2 is 1.57 bits per heavy atom. The maximum Gasteiger partial charge on any atom is 0.313 e. The van der Waals surface area contributed by atoms with Gasteiger partial charge < -0.3 is 15.1 Å². The molecule has 0 spiro atoms. The molecule has 2 aromatic carbocycles. The second-order valence-corrected chi connectivity index (χ2v) is 7.31. The molecule has 0 unspecified atom stereocenters. The minimum atomic E-state index is -0.563. The third-order valence-electron chi connectivity index (χ3n) is 5.17. The first-order valence-electron chi connectivity index (χ1n) is 9.75. The van der Waals surface area contributed by atoms with Crippen molar-refractivity contribution in [3.8, 4) is 0 Å². The van der Waals surface area contributed by atoms with Crippen LogP contribution in [0.2, 0.25) is 5.02 Å². The van der Waals surface area contributed by atoms with Crippen LogP contribution in [0.4, 0.5) is 11.4 Å². The molecule has 28 heavy (non-hydrogen) atoms. The number of hydrogen-bond acceptors (Lipinski definition) is 3. The molecule has 0 radical (unpaired) electrons. The van der Waals surface area contributed by atoms with Gasteiger partial charge in [-0.1, -0.05) is 49.7 Å². The Morgan fingerprint density at radius 3 is 2.14 bits per heavy atom. The standard InChI is InChI=1S/C22H26ClN3O2/c1-3-16-7-5-8-17(4-2)20(16)24-21(27)22(28)26-13-11-25(12-14-26)19-10-6-9-18(23)15-19/h5-10,15H,3-4,11-14H2,1-2H3,(H,24,27). The van der Waals surface area contributed by atoms with E-state index in [1.54, 1.807) is 4.90 Å². The van der Waals surface area contributed by atoms with Crippen LogP contribution in [0.15, 0.2) is 42.5 Å². The molecule has 1 aliphatic rings. The van der Waals surface area contributed by atoms with Gasteiger partial charge in [0.15, 0.2) is 0 Å². The molecule has 3 rings (SSSR count). The second-order valence-electron chi connectivity index (χ2n) is 6.87. The van der Waals surface area contributed by atoms with Gasteiger partial charge in [-0.2, -0.15) is 0 Å². The van der Waals surface area contributed by atoms with Gasteiger partial charge in [-0.05, 0) is 42.2 Å². The monoisotopic (exact) mass is 399 g/mol. The van der Waals surface area contributed by atoms with Crippen molar-refractivity contribution >= 4 is 34.8 Å². The van der Waals surface area contributed by atoms with Gasteiger partial charge in [-0.25, -0.2) is 0 Å². The number of rotatable bonds is 4. The highest BCUT2D eigenvalue weighted by Crippen LogP contribution is 2.23. The van der Waals surface area contributed by atoms with Crippen LogP contribution in [0.5, 0.6) is 0 Å². The van der Waals surface area contributed by atoms with Crippen LogP contribution in [-0.2, 0) is 22.4 Å². The normalized spacial score (nSPS) is 14.1. The van der Waals surface area contributed by atoms with E-state index in [9.17, 15) is 9.59 Å². The van der Waals surface area contributed by atoms with Crippen molar-refractivity contribution in [2.45, 2.75) is 26.7 Å². The summed E-state index contributed by atoms with van der Waals surface area (Å²) in [5.74, 6) is -1.04. The summed E-state index contributed by atoms with van der Waals surface area (Å²) in [6, 6.07) is 13.6. The highest BCUT2D eigenvalue weighted by Gasteiger charge is 2.27. The molecule has 5 nitrogen and oxygen atoms in total. The third kappa shape index (κ3) is 4.47. The fourth-order valence-corrected chi connectivity index (χ4v) is 3.74. The minimum absolute atomic E-state index is 0.473. The Hall–Kier alpha value is -2.53. The summed E-state index contributed by atoms with van der Waals surface area (Å²) < 4.78 is 0. The molecule has 1 fully saturated rings. The fourth-order valence-electron chi connectivity index (χ4n) is 3.55. The predicted octanol–water partition coefficient (Wildman–Crippen LogP) is 3.75. The summed E-state index contributed by atoms with van der Waals surface area (Å²) in [6.45, 7) is 6.45. The summed E-state index contributed by atoms with van der Waals surface area (Å²) in [7, 11) is 0. The SMILES string of the molecule is CCc1cccc(CC)c1NC(=O)C(=O)N1CCN(c2cccc(Cl)c2)CC1. The number of nitrogens with zero attached hydrogens (tertiary/aromatic N) is 2. The average Bonchev–Trinajstić information content (AvgIpc) is 2.73. The maximum absolute atomic E-state index is 12.7. The predicted molar refractivity (Wildman–Crippen MR) is 114 cm³/mol. The maximum atomic E-state index is 12.7. The molecule has 0 aliphatic carbocycles. The summed E-state index contributed by atoms with van der Waals surface area (Å²) in [5, 5.41) is 3.56. The molecule has 148 valence electrons. The summed E-state index contributed by atoms with van der Waals surface area (Å²) >= 11 is 6.07. The van der Waals surface area contributed by atoms with E-state index in [1.165, 1.54) is 0 Å². The van der Waals surface area contributed by atoms with Crippen LogP contribution >= 0.6 is 11.6 Å². The number of carbonyl (C=O) groups excluding carboxylic acids is 2. The van der Waals surface area contributed by atoms with E-state index in [0.717, 1.165) is 35.3 Å². The number of piperazine rings is 1. The Balaban J connectivity index is 1.63. The van der Waals surface area contributed by atoms with E-state index in [4.69, 9.17) is 11.6 Å². The Kier molecular flexibility index (Phi) is 6.57. The van der Waals surface area contributed by atoms with Crippen LogP contribution in [0.25, 0.3) is 0 Å². The molecule has 2 amide bonds. The highest BCUT2D eigenvalue weighted by molar-refractivity contribution is 6.39. The Morgan fingerprint density at radius 1 is 0.964 bits per heavy atom. The average molecular weight is 400 g/mol. The number of hydrogen-bond donors (Lipinski definition) is 1. The van der Waals surface area contributed by atoms with E-state index in [-0.39, 0.29) is 0 Å². The van der Waals surface area contributed by atoms with Gasteiger partial charge >= 0.3 is 11.8 Å². The van der Waals surface area contributed by atoms with Gasteiger partial charge in [0, 0.05) is 42.6 Å². The van der Waals surface area contributed by atoms with Gasteiger partial charge in [-0.15, -0.1) is 0 Å². The van der Waals surface area contributed by atoms with Crippen molar-refractivity contribution in [1.82, 2.24) is 4.90 Å². The molecule has 1 aliphatic heterocycles. The van der Waals surface area contributed by atoms with Gasteiger partial charge in [0.2, 0.25) is 0 Å². The van der Waals surface area contributed by atoms with Crippen LogP contribution in [0.1, 0.15) is 25.0 Å². The lowest BCUT2D eigenvalue weighted by molar-refractivity contribution is -0.143. The van der Waals surface area contributed by atoms with Crippen molar-refractivity contribution in [1.29, 1.82) is 0 Å². The minimum Gasteiger partial charge on any atom is -0.368 e. The first-order chi connectivity index (χ1) is 13.5. The van der Waals surface area contributed by atoms with Crippen molar-refractivity contribution < 1.29 is 9.59 Å². The first-order valence-corrected chi connectivity index (χ1v) is 10.1. The second kappa shape index (κ2) is 9.11. The number of anilines is 2. The van der Waals surface area contributed by atoms with E-state index in [0.29, 0.717) is 31.2 Å². The molecule has 1 N–H and O–H groups in total. The Bertz CT molecular complexity index is 838. The van der Waals surface area contributed by atoms with Gasteiger partial charge in [0.1, 0.15) is 0 Å². The molecule has 1 heterocycles.